The molecule has 1 aliphatic heterocycles. The van der Waals surface area contributed by atoms with Crippen molar-refractivity contribution in [2.45, 2.75) is 6.54 Å². The molecule has 2 amide bonds. The minimum Gasteiger partial charge on any atom is -0.338 e. The maximum Gasteiger partial charge on any atom is 0.295 e. The van der Waals surface area contributed by atoms with Crippen LogP contribution in [-0.2, 0) is 16.1 Å². The predicted octanol–water partition coefficient (Wildman–Crippen LogP) is 3.35. The lowest BCUT2D eigenvalue weighted by molar-refractivity contribution is -0.137. The van der Waals surface area contributed by atoms with Crippen molar-refractivity contribution < 1.29 is 9.59 Å². The number of nitrogens with zero attached hydrogens (tertiary/aromatic N) is 5. The maximum absolute atomic E-state index is 13.4. The molecule has 176 valence electrons. The van der Waals surface area contributed by atoms with Crippen LogP contribution in [0.2, 0.25) is 15.2 Å². The third kappa shape index (κ3) is 4.86. The largest absolute Gasteiger partial charge is 0.338 e. The van der Waals surface area contributed by atoms with Crippen molar-refractivity contribution in [2.75, 3.05) is 31.5 Å². The molecule has 1 aliphatic rings. The Morgan fingerprint density at radius 1 is 1.00 bits per heavy atom. The van der Waals surface area contributed by atoms with Crippen LogP contribution in [0.5, 0.6) is 0 Å². The van der Waals surface area contributed by atoms with Crippen LogP contribution in [0.15, 0.2) is 47.8 Å². The van der Waals surface area contributed by atoms with Gasteiger partial charge in [-0.2, -0.15) is 0 Å². The number of anilines is 2. The zero-order chi connectivity index (χ0) is 24.4. The Morgan fingerprint density at radius 3 is 2.29 bits per heavy atom. The molecule has 3 heterocycles. The molecule has 9 nitrogen and oxygen atoms in total. The van der Waals surface area contributed by atoms with Gasteiger partial charge in [0.05, 0.1) is 15.7 Å². The summed E-state index contributed by atoms with van der Waals surface area (Å²) in [5.74, 6) is -0.555. The summed E-state index contributed by atoms with van der Waals surface area (Å²) in [4.78, 5) is 50.0. The number of para-hydroxylation sites is 1. The number of hydrogen-bond acceptors (Lipinski definition) is 6. The Labute approximate surface area is 209 Å². The zero-order valence-corrected chi connectivity index (χ0v) is 20.1. The number of halogens is 3. The lowest BCUT2D eigenvalue weighted by atomic mass is 10.3. The number of pyridine rings is 1. The van der Waals surface area contributed by atoms with Crippen LogP contribution in [0.3, 0.4) is 0 Å². The second kappa shape index (κ2) is 10.0. The Hall–Kier alpha value is -3.14. The third-order valence-electron chi connectivity index (χ3n) is 5.37. The average molecular weight is 522 g/mol. The van der Waals surface area contributed by atoms with Crippen LogP contribution in [0.25, 0.3) is 11.2 Å². The number of piperazine rings is 1. The van der Waals surface area contributed by atoms with Gasteiger partial charge in [-0.15, -0.1) is 0 Å². The number of benzene rings is 1. The molecule has 4 rings (SSSR count). The molecule has 1 fully saturated rings. The molecule has 0 unspecified atom stereocenters. The highest BCUT2D eigenvalue weighted by Crippen LogP contribution is 2.31. The van der Waals surface area contributed by atoms with Gasteiger partial charge in [0.1, 0.15) is 17.2 Å². The molecule has 12 heteroatoms. The van der Waals surface area contributed by atoms with E-state index < -0.39 is 5.56 Å². The summed E-state index contributed by atoms with van der Waals surface area (Å²) >= 11 is 18.5. The second-order valence-corrected chi connectivity index (χ2v) is 8.66. The van der Waals surface area contributed by atoms with Crippen LogP contribution in [0, 0.1) is 0 Å². The van der Waals surface area contributed by atoms with Crippen LogP contribution in [0.1, 0.15) is 0 Å². The van der Waals surface area contributed by atoms with Gasteiger partial charge in [-0.3, -0.25) is 19.0 Å². The maximum atomic E-state index is 13.4. The van der Waals surface area contributed by atoms with E-state index in [1.165, 1.54) is 16.7 Å². The summed E-state index contributed by atoms with van der Waals surface area (Å²) in [5.41, 5.74) is 0.246. The molecule has 0 atom stereocenters. The van der Waals surface area contributed by atoms with E-state index in [2.05, 4.69) is 21.9 Å². The normalized spacial score (nSPS) is 13.7. The fraction of sp³-hybridized carbons (Fsp3) is 0.227. The number of aromatic nitrogens is 3. The van der Waals surface area contributed by atoms with Crippen molar-refractivity contribution in [1.82, 2.24) is 24.3 Å². The first-order valence-corrected chi connectivity index (χ1v) is 11.4. The number of amides is 2. The number of hydrogen-bond donors (Lipinski definition) is 1. The van der Waals surface area contributed by atoms with Gasteiger partial charge < -0.3 is 15.1 Å². The molecular formula is C22H19Cl3N6O3. The van der Waals surface area contributed by atoms with Gasteiger partial charge in [-0.05, 0) is 30.3 Å². The molecule has 2 aromatic heterocycles. The topological polar surface area (TPSA) is 100 Å². The van der Waals surface area contributed by atoms with Gasteiger partial charge in [0.2, 0.25) is 11.8 Å². The highest BCUT2D eigenvalue weighted by atomic mass is 35.5. The van der Waals surface area contributed by atoms with E-state index in [0.717, 1.165) is 0 Å². The first kappa shape index (κ1) is 24.0. The monoisotopic (exact) mass is 520 g/mol. The number of nitrogens with one attached hydrogen (secondary N) is 1. The van der Waals surface area contributed by atoms with E-state index in [4.69, 9.17) is 34.8 Å². The first-order valence-electron chi connectivity index (χ1n) is 10.3. The van der Waals surface area contributed by atoms with Gasteiger partial charge in [0.15, 0.2) is 11.5 Å². The molecule has 1 N–H and O–H groups in total. The minimum absolute atomic E-state index is 0.0687. The van der Waals surface area contributed by atoms with Crippen LogP contribution in [0.4, 0.5) is 11.5 Å². The van der Waals surface area contributed by atoms with Crippen LogP contribution < -0.4 is 10.9 Å². The molecule has 0 aliphatic carbocycles. The SMILES string of the molecule is C=CC(=O)N1CCN(C(=O)Cn2c(=O)c(Nc3c(Cl)cccc3Cl)nc3ccc(Cl)nc32)CC1. The smallest absolute Gasteiger partial charge is 0.295 e. The number of carbonyl (C=O) groups excluding carboxylic acids is 2. The number of rotatable bonds is 5. The summed E-state index contributed by atoms with van der Waals surface area (Å²) in [5, 5.41) is 3.65. The van der Waals surface area contributed by atoms with Crippen molar-refractivity contribution >= 4 is 69.3 Å². The molecule has 3 aromatic rings. The third-order valence-corrected chi connectivity index (χ3v) is 6.21. The lowest BCUT2D eigenvalue weighted by Crippen LogP contribution is -2.51. The molecule has 0 bridgehead atoms. The van der Waals surface area contributed by atoms with E-state index in [9.17, 15) is 14.4 Å². The first-order chi connectivity index (χ1) is 16.3. The van der Waals surface area contributed by atoms with E-state index in [1.54, 1.807) is 34.1 Å². The summed E-state index contributed by atoms with van der Waals surface area (Å²) in [6.45, 7) is 4.63. The van der Waals surface area contributed by atoms with Crippen molar-refractivity contribution in [2.24, 2.45) is 0 Å². The Morgan fingerprint density at radius 2 is 1.65 bits per heavy atom. The lowest BCUT2D eigenvalue weighted by Gasteiger charge is -2.34. The van der Waals surface area contributed by atoms with E-state index in [-0.39, 0.29) is 35.0 Å². The van der Waals surface area contributed by atoms with Gasteiger partial charge in [-0.25, -0.2) is 9.97 Å². The van der Waals surface area contributed by atoms with Crippen molar-refractivity contribution in [1.29, 1.82) is 0 Å². The average Bonchev–Trinajstić information content (AvgIpc) is 2.83. The van der Waals surface area contributed by atoms with Gasteiger partial charge in [0, 0.05) is 26.2 Å². The second-order valence-electron chi connectivity index (χ2n) is 7.46. The Bertz CT molecular complexity index is 1330. The van der Waals surface area contributed by atoms with Crippen LogP contribution in [-0.4, -0.2) is 62.3 Å². The predicted molar refractivity (Wildman–Crippen MR) is 132 cm³/mol. The van der Waals surface area contributed by atoms with E-state index in [0.29, 0.717) is 47.4 Å². The minimum atomic E-state index is -0.591. The molecule has 1 aromatic carbocycles. The van der Waals surface area contributed by atoms with Gasteiger partial charge >= 0.3 is 0 Å². The summed E-state index contributed by atoms with van der Waals surface area (Å²) in [6, 6.07) is 8.06. The van der Waals surface area contributed by atoms with Crippen molar-refractivity contribution in [3.63, 3.8) is 0 Å². The molecule has 34 heavy (non-hydrogen) atoms. The molecule has 0 saturated carbocycles. The summed E-state index contributed by atoms with van der Waals surface area (Å²) in [7, 11) is 0. The molecule has 1 saturated heterocycles. The molecule has 0 spiro atoms. The Kier molecular flexibility index (Phi) is 7.06. The number of fused-ring (bicyclic) bond motifs is 1. The standard InChI is InChI=1S/C22H19Cl3N6O3/c1-2-17(32)29-8-10-30(11-9-29)18(33)12-31-21-15(6-7-16(25)27-21)26-20(22(31)34)28-19-13(23)4-3-5-14(19)24/h2-7H,1,8-12H2,(H,26,28). The highest BCUT2D eigenvalue weighted by Gasteiger charge is 2.25. The molecular weight excluding hydrogens is 503 g/mol. The van der Waals surface area contributed by atoms with Gasteiger partial charge in [0.25, 0.3) is 5.56 Å². The van der Waals surface area contributed by atoms with E-state index in [1.807, 2.05) is 0 Å². The van der Waals surface area contributed by atoms with E-state index >= 15 is 0 Å². The fourth-order valence-corrected chi connectivity index (χ4v) is 4.24. The van der Waals surface area contributed by atoms with Crippen molar-refractivity contribution in [3.05, 3.63) is 68.5 Å². The zero-order valence-electron chi connectivity index (χ0n) is 17.8. The summed E-state index contributed by atoms with van der Waals surface area (Å²) in [6.07, 6.45) is 1.25. The van der Waals surface area contributed by atoms with Crippen molar-refractivity contribution in [3.8, 4) is 0 Å². The highest BCUT2D eigenvalue weighted by molar-refractivity contribution is 6.39. The Balaban J connectivity index is 1.67. The van der Waals surface area contributed by atoms with Crippen LogP contribution >= 0.6 is 34.8 Å². The molecule has 0 radical (unpaired) electrons. The summed E-state index contributed by atoms with van der Waals surface area (Å²) < 4.78 is 1.21. The number of carbonyl (C=O) groups is 2. The fourth-order valence-electron chi connectivity index (χ4n) is 3.60. The van der Waals surface area contributed by atoms with Gasteiger partial charge in [-0.1, -0.05) is 47.4 Å². The quantitative estimate of drug-likeness (QED) is 0.408.